The number of carbonyl (C=O) groups excluding carboxylic acids is 2. The number of carbonyl (C=O) groups is 2. The fourth-order valence-corrected chi connectivity index (χ4v) is 1.84. The van der Waals surface area contributed by atoms with Gasteiger partial charge in [-0.1, -0.05) is 6.07 Å². The second-order valence-electron chi connectivity index (χ2n) is 4.70. The first-order chi connectivity index (χ1) is 9.24. The van der Waals surface area contributed by atoms with Crippen LogP contribution in [0.15, 0.2) is 23.2 Å². The smallest absolute Gasteiger partial charge is 0.214 e. The van der Waals surface area contributed by atoms with Gasteiger partial charge in [0.2, 0.25) is 12.8 Å². The highest BCUT2D eigenvalue weighted by molar-refractivity contribution is 5.79. The van der Waals surface area contributed by atoms with Crippen molar-refractivity contribution in [2.75, 3.05) is 11.9 Å². The quantitative estimate of drug-likeness (QED) is 0.463. The van der Waals surface area contributed by atoms with Gasteiger partial charge in [0, 0.05) is 12.2 Å². The van der Waals surface area contributed by atoms with E-state index < -0.39 is 0 Å². The van der Waals surface area contributed by atoms with Crippen LogP contribution in [0.3, 0.4) is 0 Å². The Kier molecular flexibility index (Phi) is 4.28. The van der Waals surface area contributed by atoms with Gasteiger partial charge in [-0.25, -0.2) is 4.99 Å². The number of nitrogens with one attached hydrogen (secondary N) is 1. The molecule has 0 radical (unpaired) electrons. The van der Waals surface area contributed by atoms with Crippen LogP contribution >= 0.6 is 0 Å². The summed E-state index contributed by atoms with van der Waals surface area (Å²) in [5, 5.41) is 2.62. The first kappa shape index (κ1) is 13.3. The fourth-order valence-electron chi connectivity index (χ4n) is 1.84. The lowest BCUT2D eigenvalue weighted by Gasteiger charge is -2.11. The molecule has 0 aromatic heterocycles. The van der Waals surface area contributed by atoms with Crippen LogP contribution in [0.25, 0.3) is 0 Å². The second kappa shape index (κ2) is 6.13. The van der Waals surface area contributed by atoms with Crippen molar-refractivity contribution in [2.45, 2.75) is 19.8 Å². The van der Waals surface area contributed by atoms with E-state index in [1.54, 1.807) is 11.2 Å². The minimum Gasteiger partial charge on any atom is -0.328 e. The minimum atomic E-state index is 0.626. The first-order valence-electron chi connectivity index (χ1n) is 6.29. The number of nitrogens with zero attached hydrogens (tertiary/aromatic N) is 2. The van der Waals surface area contributed by atoms with Crippen molar-refractivity contribution in [1.29, 1.82) is 0 Å². The monoisotopic (exact) mass is 259 g/mol. The Labute approximate surface area is 112 Å². The van der Waals surface area contributed by atoms with Crippen molar-refractivity contribution in [3.05, 3.63) is 23.8 Å². The summed E-state index contributed by atoms with van der Waals surface area (Å²) in [5.74, 6) is 0.626. The zero-order valence-corrected chi connectivity index (χ0v) is 10.9. The molecule has 2 rings (SSSR count). The summed E-state index contributed by atoms with van der Waals surface area (Å²) in [6, 6.07) is 5.48. The second-order valence-corrected chi connectivity index (χ2v) is 4.70. The van der Waals surface area contributed by atoms with Gasteiger partial charge in [0.15, 0.2) is 0 Å². The Balaban J connectivity index is 2.09. The molecule has 1 aliphatic rings. The van der Waals surface area contributed by atoms with Crippen LogP contribution < -0.4 is 5.32 Å². The van der Waals surface area contributed by atoms with E-state index in [0.717, 1.165) is 29.9 Å². The first-order valence-corrected chi connectivity index (χ1v) is 6.29. The van der Waals surface area contributed by atoms with Gasteiger partial charge in [-0.05, 0) is 43.4 Å². The van der Waals surface area contributed by atoms with Crippen LogP contribution in [-0.2, 0) is 9.59 Å². The van der Waals surface area contributed by atoms with E-state index in [9.17, 15) is 9.59 Å². The van der Waals surface area contributed by atoms with E-state index in [0.29, 0.717) is 12.3 Å². The Morgan fingerprint density at radius 3 is 2.84 bits per heavy atom. The number of aliphatic imine (C=N–C) groups is 1. The molecule has 0 aliphatic heterocycles. The number of amides is 2. The van der Waals surface area contributed by atoms with Crippen molar-refractivity contribution >= 4 is 30.5 Å². The van der Waals surface area contributed by atoms with Crippen LogP contribution in [0.2, 0.25) is 0 Å². The Bertz CT molecular complexity index is 495. The molecule has 0 bridgehead atoms. The third-order valence-electron chi connectivity index (χ3n) is 3.17. The average molecular weight is 259 g/mol. The largest absolute Gasteiger partial charge is 0.328 e. The van der Waals surface area contributed by atoms with E-state index in [1.807, 2.05) is 25.1 Å². The van der Waals surface area contributed by atoms with E-state index in [2.05, 4.69) is 10.3 Å². The molecular formula is C14H17N3O2. The van der Waals surface area contributed by atoms with Gasteiger partial charge >= 0.3 is 0 Å². The predicted molar refractivity (Wildman–Crippen MR) is 74.5 cm³/mol. The average Bonchev–Trinajstić information content (AvgIpc) is 3.22. The van der Waals surface area contributed by atoms with Crippen molar-refractivity contribution < 1.29 is 9.59 Å². The number of rotatable bonds is 7. The van der Waals surface area contributed by atoms with E-state index in [4.69, 9.17) is 0 Å². The highest BCUT2D eigenvalue weighted by Gasteiger charge is 2.23. The third-order valence-corrected chi connectivity index (χ3v) is 3.17. The predicted octanol–water partition coefficient (Wildman–Crippen LogP) is 2.09. The summed E-state index contributed by atoms with van der Waals surface area (Å²) in [6.45, 7) is 2.61. The van der Waals surface area contributed by atoms with Gasteiger partial charge in [0.05, 0.1) is 12.0 Å². The number of hydrogen-bond acceptors (Lipinski definition) is 3. The maximum absolute atomic E-state index is 10.9. The maximum atomic E-state index is 10.9. The summed E-state index contributed by atoms with van der Waals surface area (Å²) < 4.78 is 0. The molecule has 19 heavy (non-hydrogen) atoms. The highest BCUT2D eigenvalue weighted by Crippen LogP contribution is 2.29. The number of benzene rings is 1. The van der Waals surface area contributed by atoms with E-state index in [1.165, 1.54) is 12.8 Å². The van der Waals surface area contributed by atoms with Gasteiger partial charge in [0.25, 0.3) is 0 Å². The van der Waals surface area contributed by atoms with Gasteiger partial charge < -0.3 is 10.2 Å². The molecule has 0 atom stereocenters. The molecule has 1 N–H and O–H groups in total. The lowest BCUT2D eigenvalue weighted by molar-refractivity contribution is -0.114. The molecule has 0 saturated heterocycles. The highest BCUT2D eigenvalue weighted by atomic mass is 16.1. The van der Waals surface area contributed by atoms with Crippen LogP contribution in [0.4, 0.5) is 11.4 Å². The Morgan fingerprint density at radius 1 is 1.42 bits per heavy atom. The van der Waals surface area contributed by atoms with Crippen molar-refractivity contribution in [2.24, 2.45) is 10.9 Å². The van der Waals surface area contributed by atoms with E-state index >= 15 is 0 Å². The third kappa shape index (κ3) is 3.64. The van der Waals surface area contributed by atoms with Crippen LogP contribution in [0, 0.1) is 12.8 Å². The molecule has 0 unspecified atom stereocenters. The molecule has 5 heteroatoms. The zero-order valence-electron chi connectivity index (χ0n) is 10.9. The number of anilines is 1. The Morgan fingerprint density at radius 2 is 2.21 bits per heavy atom. The molecule has 2 amide bonds. The molecule has 0 spiro atoms. The van der Waals surface area contributed by atoms with Crippen molar-refractivity contribution in [3.8, 4) is 0 Å². The minimum absolute atomic E-state index is 0.626. The standard InChI is InChI=1S/C14H17N3O2/c1-11-13(3-2-4-14(11)16-9-18)15-8-17(10-19)7-12-5-6-12/h2-4,8-10,12H,5-7H2,1H3,(H,16,18). The Hall–Kier alpha value is -2.17. The van der Waals surface area contributed by atoms with Gasteiger partial charge in [0.1, 0.15) is 0 Å². The molecule has 1 fully saturated rings. The lowest BCUT2D eigenvalue weighted by Crippen LogP contribution is -2.22. The molecule has 0 heterocycles. The molecule has 1 saturated carbocycles. The molecule has 1 aromatic rings. The molecule has 1 aromatic carbocycles. The van der Waals surface area contributed by atoms with Crippen molar-refractivity contribution in [1.82, 2.24) is 4.90 Å². The SMILES string of the molecule is Cc1c(N=CN(C=O)CC2CC2)cccc1NC=O. The fraction of sp³-hybridized carbons (Fsp3) is 0.357. The summed E-state index contributed by atoms with van der Waals surface area (Å²) >= 11 is 0. The summed E-state index contributed by atoms with van der Waals surface area (Å²) in [4.78, 5) is 27.3. The zero-order chi connectivity index (χ0) is 13.7. The topological polar surface area (TPSA) is 61.8 Å². The molecule has 5 nitrogen and oxygen atoms in total. The van der Waals surface area contributed by atoms with Gasteiger partial charge in [-0.3, -0.25) is 9.59 Å². The van der Waals surface area contributed by atoms with Crippen LogP contribution in [0.1, 0.15) is 18.4 Å². The normalized spacial score (nSPS) is 14.4. The van der Waals surface area contributed by atoms with Gasteiger partial charge in [-0.15, -0.1) is 0 Å². The van der Waals surface area contributed by atoms with Gasteiger partial charge in [-0.2, -0.15) is 0 Å². The molecule has 1 aliphatic carbocycles. The number of hydrogen-bond donors (Lipinski definition) is 1. The maximum Gasteiger partial charge on any atom is 0.214 e. The van der Waals surface area contributed by atoms with Crippen LogP contribution in [-0.4, -0.2) is 30.6 Å². The van der Waals surface area contributed by atoms with Crippen molar-refractivity contribution in [3.63, 3.8) is 0 Å². The lowest BCUT2D eigenvalue weighted by atomic mass is 10.1. The molecule has 100 valence electrons. The summed E-state index contributed by atoms with van der Waals surface area (Å²) in [6.07, 6.45) is 5.37. The van der Waals surface area contributed by atoms with E-state index in [-0.39, 0.29) is 0 Å². The molecular weight excluding hydrogens is 242 g/mol. The summed E-state index contributed by atoms with van der Waals surface area (Å²) in [5.41, 5.74) is 2.35. The van der Waals surface area contributed by atoms with Crippen LogP contribution in [0.5, 0.6) is 0 Å². The summed E-state index contributed by atoms with van der Waals surface area (Å²) in [7, 11) is 0.